The van der Waals surface area contributed by atoms with Crippen LogP contribution in [-0.4, -0.2) is 14.9 Å². The van der Waals surface area contributed by atoms with Gasteiger partial charge in [0.2, 0.25) is 5.69 Å². The number of hydrogen-bond acceptors (Lipinski definition) is 4. The minimum atomic E-state index is -0.800. The third kappa shape index (κ3) is 1.02. The lowest BCUT2D eigenvalue weighted by atomic mass is 10.3. The van der Waals surface area contributed by atoms with E-state index in [2.05, 4.69) is 4.98 Å². The van der Waals surface area contributed by atoms with E-state index in [1.165, 1.54) is 0 Å². The van der Waals surface area contributed by atoms with E-state index < -0.39 is 5.56 Å². The first kappa shape index (κ1) is 8.26. The first-order valence-electron chi connectivity index (χ1n) is 3.85. The molecule has 0 aliphatic carbocycles. The van der Waals surface area contributed by atoms with Crippen molar-refractivity contribution in [2.24, 2.45) is 0 Å². The SMILES string of the molecule is N#Cc1nc2ccccc2n(O)c1=O. The lowest BCUT2D eigenvalue weighted by molar-refractivity contribution is 0.187. The Kier molecular flexibility index (Phi) is 1.68. The van der Waals surface area contributed by atoms with Gasteiger partial charge < -0.3 is 5.21 Å². The Morgan fingerprint density at radius 2 is 2.14 bits per heavy atom. The molecule has 0 saturated carbocycles. The number of para-hydroxylation sites is 2. The minimum Gasteiger partial charge on any atom is -0.425 e. The number of aromatic nitrogens is 2. The van der Waals surface area contributed by atoms with Gasteiger partial charge in [0.15, 0.2) is 0 Å². The summed E-state index contributed by atoms with van der Waals surface area (Å²) in [6.45, 7) is 0. The van der Waals surface area contributed by atoms with Gasteiger partial charge in [0.1, 0.15) is 11.6 Å². The van der Waals surface area contributed by atoms with Crippen molar-refractivity contribution in [1.82, 2.24) is 9.71 Å². The van der Waals surface area contributed by atoms with Gasteiger partial charge in [0, 0.05) is 0 Å². The van der Waals surface area contributed by atoms with Gasteiger partial charge in [-0.1, -0.05) is 12.1 Å². The molecule has 2 aromatic rings. The zero-order valence-corrected chi connectivity index (χ0v) is 7.01. The van der Waals surface area contributed by atoms with Crippen molar-refractivity contribution in [3.8, 4) is 6.07 Å². The molecule has 0 atom stereocenters. The summed E-state index contributed by atoms with van der Waals surface area (Å²) < 4.78 is 0.431. The summed E-state index contributed by atoms with van der Waals surface area (Å²) in [5, 5.41) is 17.9. The van der Waals surface area contributed by atoms with E-state index in [9.17, 15) is 10.0 Å². The molecule has 5 nitrogen and oxygen atoms in total. The highest BCUT2D eigenvalue weighted by Crippen LogP contribution is 2.07. The topological polar surface area (TPSA) is 78.9 Å². The summed E-state index contributed by atoms with van der Waals surface area (Å²) in [6, 6.07) is 8.16. The fourth-order valence-electron chi connectivity index (χ4n) is 1.19. The first-order valence-corrected chi connectivity index (χ1v) is 3.85. The number of hydrogen-bond donors (Lipinski definition) is 1. The molecule has 1 N–H and O–H groups in total. The van der Waals surface area contributed by atoms with E-state index in [4.69, 9.17) is 5.26 Å². The average molecular weight is 187 g/mol. The van der Waals surface area contributed by atoms with E-state index in [-0.39, 0.29) is 11.2 Å². The summed E-state index contributed by atoms with van der Waals surface area (Å²) in [4.78, 5) is 15.0. The number of benzene rings is 1. The monoisotopic (exact) mass is 187 g/mol. The van der Waals surface area contributed by atoms with E-state index in [0.29, 0.717) is 10.2 Å². The highest BCUT2D eigenvalue weighted by molar-refractivity contribution is 5.74. The first-order chi connectivity index (χ1) is 6.74. The number of nitriles is 1. The van der Waals surface area contributed by atoms with Gasteiger partial charge in [-0.2, -0.15) is 5.26 Å². The predicted octanol–water partition coefficient (Wildman–Crippen LogP) is 0.505. The quantitative estimate of drug-likeness (QED) is 0.609. The molecule has 1 aromatic carbocycles. The van der Waals surface area contributed by atoms with Gasteiger partial charge in [0.25, 0.3) is 0 Å². The highest BCUT2D eigenvalue weighted by Gasteiger charge is 2.08. The lowest BCUT2D eigenvalue weighted by Crippen LogP contribution is -2.22. The fraction of sp³-hybridized carbons (Fsp3) is 0. The van der Waals surface area contributed by atoms with Crippen LogP contribution in [-0.2, 0) is 0 Å². The second kappa shape index (κ2) is 2.85. The molecule has 0 bridgehead atoms. The summed E-state index contributed by atoms with van der Waals surface area (Å²) >= 11 is 0. The average Bonchev–Trinajstić information content (AvgIpc) is 2.23. The van der Waals surface area contributed by atoms with Gasteiger partial charge in [-0.3, -0.25) is 4.79 Å². The standard InChI is InChI=1S/C9H5N3O2/c10-5-7-9(13)12(14)8-4-2-1-3-6(8)11-7/h1-4,14H. The van der Waals surface area contributed by atoms with Crippen molar-refractivity contribution < 1.29 is 5.21 Å². The molecule has 0 amide bonds. The molecule has 0 fully saturated rings. The summed E-state index contributed by atoms with van der Waals surface area (Å²) in [7, 11) is 0. The van der Waals surface area contributed by atoms with Gasteiger partial charge in [0.05, 0.1) is 5.52 Å². The minimum absolute atomic E-state index is 0.288. The van der Waals surface area contributed by atoms with Crippen LogP contribution < -0.4 is 5.56 Å². The van der Waals surface area contributed by atoms with E-state index in [1.54, 1.807) is 30.3 Å². The Labute approximate surface area is 78.4 Å². The van der Waals surface area contributed by atoms with Crippen LogP contribution in [0.4, 0.5) is 0 Å². The molecule has 1 heterocycles. The Morgan fingerprint density at radius 1 is 1.43 bits per heavy atom. The zero-order valence-electron chi connectivity index (χ0n) is 7.01. The summed E-state index contributed by atoms with van der Waals surface area (Å²) in [5.41, 5.74) is -0.417. The van der Waals surface area contributed by atoms with Crippen LogP contribution in [0.15, 0.2) is 29.1 Å². The van der Waals surface area contributed by atoms with Crippen molar-refractivity contribution >= 4 is 11.0 Å². The van der Waals surface area contributed by atoms with E-state index >= 15 is 0 Å². The Bertz CT molecular complexity index is 595. The third-order valence-corrected chi connectivity index (χ3v) is 1.84. The molecule has 0 aliphatic heterocycles. The Hall–Kier alpha value is -2.35. The molecule has 5 heteroatoms. The van der Waals surface area contributed by atoms with Gasteiger partial charge in [-0.25, -0.2) is 4.98 Å². The van der Waals surface area contributed by atoms with Crippen molar-refractivity contribution in [3.05, 3.63) is 40.3 Å². The second-order valence-electron chi connectivity index (χ2n) is 2.68. The smallest absolute Gasteiger partial charge is 0.320 e. The molecular weight excluding hydrogens is 182 g/mol. The molecule has 68 valence electrons. The van der Waals surface area contributed by atoms with E-state index in [0.717, 1.165) is 0 Å². The van der Waals surface area contributed by atoms with Gasteiger partial charge >= 0.3 is 5.56 Å². The Morgan fingerprint density at radius 3 is 2.86 bits per heavy atom. The van der Waals surface area contributed by atoms with Gasteiger partial charge in [-0.15, -0.1) is 4.73 Å². The number of fused-ring (bicyclic) bond motifs is 1. The van der Waals surface area contributed by atoms with Gasteiger partial charge in [-0.05, 0) is 12.1 Å². The van der Waals surface area contributed by atoms with Crippen molar-refractivity contribution in [1.29, 1.82) is 5.26 Å². The number of nitrogens with zero attached hydrogens (tertiary/aromatic N) is 3. The highest BCUT2D eigenvalue weighted by atomic mass is 16.5. The Balaban J connectivity index is 3.01. The maximum absolute atomic E-state index is 11.2. The third-order valence-electron chi connectivity index (χ3n) is 1.84. The van der Waals surface area contributed by atoms with Crippen LogP contribution in [0.1, 0.15) is 5.69 Å². The van der Waals surface area contributed by atoms with Crippen molar-refractivity contribution in [2.75, 3.05) is 0 Å². The second-order valence-corrected chi connectivity index (χ2v) is 2.68. The largest absolute Gasteiger partial charge is 0.425 e. The maximum Gasteiger partial charge on any atom is 0.320 e. The molecule has 2 rings (SSSR count). The van der Waals surface area contributed by atoms with Crippen LogP contribution in [0.25, 0.3) is 11.0 Å². The van der Waals surface area contributed by atoms with Crippen LogP contribution in [0, 0.1) is 11.3 Å². The van der Waals surface area contributed by atoms with Crippen molar-refractivity contribution in [3.63, 3.8) is 0 Å². The molecule has 1 aromatic heterocycles. The molecule has 0 aliphatic rings. The van der Waals surface area contributed by atoms with Crippen LogP contribution in [0.5, 0.6) is 0 Å². The fourth-order valence-corrected chi connectivity index (χ4v) is 1.19. The summed E-state index contributed by atoms with van der Waals surface area (Å²) in [5.74, 6) is 0. The van der Waals surface area contributed by atoms with E-state index in [1.807, 2.05) is 0 Å². The summed E-state index contributed by atoms with van der Waals surface area (Å²) in [6.07, 6.45) is 0. The van der Waals surface area contributed by atoms with Crippen LogP contribution >= 0.6 is 0 Å². The molecule has 0 unspecified atom stereocenters. The maximum atomic E-state index is 11.2. The number of rotatable bonds is 0. The van der Waals surface area contributed by atoms with Crippen LogP contribution in [0.2, 0.25) is 0 Å². The van der Waals surface area contributed by atoms with Crippen molar-refractivity contribution in [2.45, 2.75) is 0 Å². The normalized spacial score (nSPS) is 9.93. The molecule has 14 heavy (non-hydrogen) atoms. The molecule has 0 saturated heterocycles. The predicted molar refractivity (Wildman–Crippen MR) is 47.9 cm³/mol. The lowest BCUT2D eigenvalue weighted by Gasteiger charge is -2.01. The van der Waals surface area contributed by atoms with Crippen LogP contribution in [0.3, 0.4) is 0 Å². The molecular formula is C9H5N3O2. The molecule has 0 radical (unpaired) electrons. The molecule has 0 spiro atoms. The zero-order chi connectivity index (χ0) is 10.1.